The molecule has 0 radical (unpaired) electrons. The van der Waals surface area contributed by atoms with Crippen molar-refractivity contribution in [1.29, 1.82) is 0 Å². The summed E-state index contributed by atoms with van der Waals surface area (Å²) in [7, 11) is 0. The first-order chi connectivity index (χ1) is 13.2. The largest absolute Gasteiger partial charge is 0.473 e. The van der Waals surface area contributed by atoms with Crippen LogP contribution in [0.15, 0.2) is 54.7 Å². The van der Waals surface area contributed by atoms with Crippen molar-refractivity contribution in [2.75, 3.05) is 13.1 Å². The van der Waals surface area contributed by atoms with Gasteiger partial charge in [-0.1, -0.05) is 41.9 Å². The number of nitrogens with zero attached hydrogens (tertiary/aromatic N) is 3. The van der Waals surface area contributed by atoms with E-state index in [0.717, 1.165) is 24.1 Å². The highest BCUT2D eigenvalue weighted by molar-refractivity contribution is 6.31. The highest BCUT2D eigenvalue weighted by Crippen LogP contribution is 2.25. The van der Waals surface area contributed by atoms with Gasteiger partial charge in [-0.25, -0.2) is 4.98 Å². The molecule has 0 unspecified atom stereocenters. The zero-order valence-corrected chi connectivity index (χ0v) is 15.4. The molecule has 3 heterocycles. The lowest BCUT2D eigenvalue weighted by atomic mass is 10.1. The molecule has 1 aliphatic rings. The molecule has 4 rings (SSSR count). The third kappa shape index (κ3) is 3.95. The molecule has 2 aromatic heterocycles. The summed E-state index contributed by atoms with van der Waals surface area (Å²) in [5.41, 5.74) is 2.25. The van der Waals surface area contributed by atoms with Crippen molar-refractivity contribution < 1.29 is 9.53 Å². The van der Waals surface area contributed by atoms with Gasteiger partial charge in [0.25, 0.3) is 5.91 Å². The van der Waals surface area contributed by atoms with Crippen molar-refractivity contribution >= 4 is 17.5 Å². The van der Waals surface area contributed by atoms with Crippen LogP contribution in [0, 0.1) is 0 Å². The predicted octanol–water partition coefficient (Wildman–Crippen LogP) is 3.81. The number of halogens is 1. The second-order valence-corrected chi connectivity index (χ2v) is 6.84. The molecule has 7 heteroatoms. The topological polar surface area (TPSA) is 71.1 Å². The maximum Gasteiger partial charge on any atom is 0.271 e. The Labute approximate surface area is 162 Å². The van der Waals surface area contributed by atoms with E-state index in [4.69, 9.17) is 16.3 Å². The number of pyridine rings is 1. The molecule has 0 aliphatic carbocycles. The van der Waals surface area contributed by atoms with Crippen LogP contribution >= 0.6 is 11.6 Å². The van der Waals surface area contributed by atoms with Crippen LogP contribution in [0.2, 0.25) is 5.02 Å². The molecule has 138 valence electrons. The first kappa shape index (κ1) is 17.5. The number of H-pyrrole nitrogens is 1. The van der Waals surface area contributed by atoms with Crippen molar-refractivity contribution in [3.05, 3.63) is 65.4 Å². The van der Waals surface area contributed by atoms with Crippen LogP contribution in [0.1, 0.15) is 23.3 Å². The fourth-order valence-corrected chi connectivity index (χ4v) is 3.32. The fraction of sp³-hybridized carbons (Fsp3) is 0.250. The standard InChI is InChI=1S/C20H19ClN4O2/c21-16-7-4-10-22-19(16)27-15-8-11-25(12-9-15)20(26)18-13-17(23-24-18)14-5-2-1-3-6-14/h1-7,10,13,15H,8-9,11-12H2,(H,23,24). The third-order valence-corrected chi connectivity index (χ3v) is 4.90. The lowest BCUT2D eigenvalue weighted by molar-refractivity contribution is 0.0582. The quantitative estimate of drug-likeness (QED) is 0.744. The first-order valence-electron chi connectivity index (χ1n) is 8.88. The molecule has 1 fully saturated rings. The highest BCUT2D eigenvalue weighted by Gasteiger charge is 2.26. The van der Waals surface area contributed by atoms with Gasteiger partial charge in [-0.15, -0.1) is 0 Å². The number of hydrogen-bond donors (Lipinski definition) is 1. The second-order valence-electron chi connectivity index (χ2n) is 6.43. The minimum atomic E-state index is -0.0426. The van der Waals surface area contributed by atoms with Crippen LogP contribution in [-0.4, -0.2) is 45.2 Å². The van der Waals surface area contributed by atoms with Gasteiger partial charge in [-0.3, -0.25) is 9.89 Å². The summed E-state index contributed by atoms with van der Waals surface area (Å²) in [4.78, 5) is 18.7. The summed E-state index contributed by atoms with van der Waals surface area (Å²) in [5, 5.41) is 7.62. The number of rotatable bonds is 4. The summed E-state index contributed by atoms with van der Waals surface area (Å²) in [6, 6.07) is 15.1. The Hall–Kier alpha value is -2.86. The average Bonchev–Trinajstić information content (AvgIpc) is 3.21. The van der Waals surface area contributed by atoms with Crippen LogP contribution in [0.4, 0.5) is 0 Å². The summed E-state index contributed by atoms with van der Waals surface area (Å²) in [6.07, 6.45) is 3.13. The minimum absolute atomic E-state index is 0.00287. The number of carbonyl (C=O) groups excluding carboxylic acids is 1. The summed E-state index contributed by atoms with van der Waals surface area (Å²) in [5.74, 6) is 0.406. The third-order valence-electron chi connectivity index (χ3n) is 4.61. The summed E-state index contributed by atoms with van der Waals surface area (Å²) in [6.45, 7) is 1.24. The molecule has 6 nitrogen and oxygen atoms in total. The zero-order chi connectivity index (χ0) is 18.6. The lowest BCUT2D eigenvalue weighted by Crippen LogP contribution is -2.42. The number of amides is 1. The molecule has 0 bridgehead atoms. The van der Waals surface area contributed by atoms with Gasteiger partial charge in [-0.05, 0) is 18.2 Å². The van der Waals surface area contributed by atoms with E-state index in [1.165, 1.54) is 0 Å². The number of hydrogen-bond acceptors (Lipinski definition) is 4. The van der Waals surface area contributed by atoms with E-state index in [-0.39, 0.29) is 12.0 Å². The molecule has 27 heavy (non-hydrogen) atoms. The van der Waals surface area contributed by atoms with Crippen molar-refractivity contribution in [2.45, 2.75) is 18.9 Å². The zero-order valence-electron chi connectivity index (χ0n) is 14.6. The Morgan fingerprint density at radius 3 is 2.67 bits per heavy atom. The smallest absolute Gasteiger partial charge is 0.271 e. The van der Waals surface area contributed by atoms with Gasteiger partial charge in [0.2, 0.25) is 5.88 Å². The molecule has 3 aromatic rings. The number of ether oxygens (including phenoxy) is 1. The number of likely N-dealkylation sites (tertiary alicyclic amines) is 1. The Kier molecular flexibility index (Phi) is 5.07. The van der Waals surface area contributed by atoms with E-state index in [9.17, 15) is 4.79 Å². The van der Waals surface area contributed by atoms with E-state index in [2.05, 4.69) is 15.2 Å². The Balaban J connectivity index is 1.36. The van der Waals surface area contributed by atoms with Crippen molar-refractivity contribution in [2.24, 2.45) is 0 Å². The number of aromatic amines is 1. The van der Waals surface area contributed by atoms with Crippen LogP contribution in [0.25, 0.3) is 11.3 Å². The van der Waals surface area contributed by atoms with E-state index in [1.54, 1.807) is 24.4 Å². The van der Waals surface area contributed by atoms with E-state index >= 15 is 0 Å². The Morgan fingerprint density at radius 2 is 1.93 bits per heavy atom. The fourth-order valence-electron chi connectivity index (χ4n) is 3.15. The van der Waals surface area contributed by atoms with Crippen LogP contribution in [0.3, 0.4) is 0 Å². The van der Waals surface area contributed by atoms with Crippen molar-refractivity contribution in [3.8, 4) is 17.1 Å². The van der Waals surface area contributed by atoms with Gasteiger partial charge in [0.1, 0.15) is 16.8 Å². The number of piperidine rings is 1. The minimum Gasteiger partial charge on any atom is -0.473 e. The Morgan fingerprint density at radius 1 is 1.15 bits per heavy atom. The Bertz CT molecular complexity index is 920. The SMILES string of the molecule is O=C(c1cc(-c2ccccc2)n[nH]1)N1CCC(Oc2ncccc2Cl)CC1. The van der Waals surface area contributed by atoms with Gasteiger partial charge in [0.05, 0.1) is 5.69 Å². The molecule has 1 aliphatic heterocycles. The van der Waals surface area contributed by atoms with Gasteiger partial charge in [-0.2, -0.15) is 5.10 Å². The molecule has 0 spiro atoms. The predicted molar refractivity (Wildman–Crippen MR) is 103 cm³/mol. The van der Waals surface area contributed by atoms with Gasteiger partial charge in [0, 0.05) is 37.7 Å². The van der Waals surface area contributed by atoms with Crippen LogP contribution < -0.4 is 4.74 Å². The first-order valence-corrected chi connectivity index (χ1v) is 9.26. The van der Waals surface area contributed by atoms with Crippen LogP contribution in [0.5, 0.6) is 5.88 Å². The molecule has 1 amide bonds. The van der Waals surface area contributed by atoms with E-state index in [1.807, 2.05) is 35.2 Å². The molecule has 0 atom stereocenters. The van der Waals surface area contributed by atoms with E-state index in [0.29, 0.717) is 29.7 Å². The number of nitrogens with one attached hydrogen (secondary N) is 1. The second kappa shape index (κ2) is 7.80. The van der Waals surface area contributed by atoms with Crippen LogP contribution in [-0.2, 0) is 0 Å². The van der Waals surface area contributed by atoms with Gasteiger partial charge >= 0.3 is 0 Å². The number of aromatic nitrogens is 3. The van der Waals surface area contributed by atoms with Gasteiger partial charge in [0.15, 0.2) is 0 Å². The number of carbonyl (C=O) groups is 1. The molecule has 1 N–H and O–H groups in total. The van der Waals surface area contributed by atoms with Gasteiger partial charge < -0.3 is 9.64 Å². The van der Waals surface area contributed by atoms with E-state index < -0.39 is 0 Å². The maximum atomic E-state index is 12.7. The lowest BCUT2D eigenvalue weighted by Gasteiger charge is -2.31. The average molecular weight is 383 g/mol. The summed E-state index contributed by atoms with van der Waals surface area (Å²) < 4.78 is 5.88. The normalized spacial score (nSPS) is 14.9. The molecular weight excluding hydrogens is 364 g/mol. The molecule has 1 aromatic carbocycles. The maximum absolute atomic E-state index is 12.7. The molecule has 0 saturated carbocycles. The number of benzene rings is 1. The monoisotopic (exact) mass is 382 g/mol. The highest BCUT2D eigenvalue weighted by atomic mass is 35.5. The molecule has 1 saturated heterocycles. The molecular formula is C20H19ClN4O2. The van der Waals surface area contributed by atoms with Crippen molar-refractivity contribution in [3.63, 3.8) is 0 Å². The summed E-state index contributed by atoms with van der Waals surface area (Å²) >= 11 is 6.09. The van der Waals surface area contributed by atoms with Crippen molar-refractivity contribution in [1.82, 2.24) is 20.1 Å².